The van der Waals surface area contributed by atoms with Gasteiger partial charge in [0, 0.05) is 18.8 Å². The molecule has 2 rings (SSSR count). The highest BCUT2D eigenvalue weighted by molar-refractivity contribution is 5.81. The molecule has 0 atom stereocenters. The molecule has 1 heterocycles. The molecule has 118 valence electrons. The number of likely N-dealkylation sites (N-methyl/N-ethyl adjacent to an activating group) is 1. The second kappa shape index (κ2) is 7.69. The normalized spacial score (nSPS) is 10.5. The number of carbonyl (C=O) groups excluding carboxylic acids is 1. The Morgan fingerprint density at radius 3 is 2.32 bits per heavy atom. The van der Waals surface area contributed by atoms with E-state index in [9.17, 15) is 4.79 Å². The van der Waals surface area contributed by atoms with Crippen molar-refractivity contribution in [1.82, 2.24) is 4.90 Å². The number of carbonyl (C=O) groups is 1. The zero-order valence-corrected chi connectivity index (χ0v) is 13.6. The maximum absolute atomic E-state index is 12.4. The van der Waals surface area contributed by atoms with Crippen molar-refractivity contribution >= 4 is 11.6 Å². The fraction of sp³-hybridized carbons (Fsp3) is 0.389. The van der Waals surface area contributed by atoms with Crippen LogP contribution in [0.3, 0.4) is 0 Å². The monoisotopic (exact) mass is 300 g/mol. The molecular weight excluding hydrogens is 276 g/mol. The third-order valence-corrected chi connectivity index (χ3v) is 3.77. The van der Waals surface area contributed by atoms with E-state index in [4.69, 9.17) is 4.42 Å². The number of amides is 1. The van der Waals surface area contributed by atoms with Crippen LogP contribution in [-0.4, -0.2) is 30.4 Å². The molecule has 0 saturated heterocycles. The van der Waals surface area contributed by atoms with Gasteiger partial charge in [0.25, 0.3) is 0 Å². The zero-order valence-electron chi connectivity index (χ0n) is 13.6. The Balaban J connectivity index is 2.17. The van der Waals surface area contributed by atoms with Gasteiger partial charge in [0.2, 0.25) is 5.91 Å². The molecule has 0 bridgehead atoms. The second-order valence-electron chi connectivity index (χ2n) is 5.34. The third kappa shape index (κ3) is 4.13. The smallest absolute Gasteiger partial charge is 0.242 e. The first-order chi connectivity index (χ1) is 10.6. The first-order valence-corrected chi connectivity index (χ1v) is 7.75. The van der Waals surface area contributed by atoms with E-state index >= 15 is 0 Å². The fourth-order valence-corrected chi connectivity index (χ4v) is 2.42. The molecule has 0 N–H and O–H groups in total. The lowest BCUT2D eigenvalue weighted by Gasteiger charge is -2.27. The van der Waals surface area contributed by atoms with Crippen molar-refractivity contribution < 1.29 is 9.21 Å². The second-order valence-corrected chi connectivity index (χ2v) is 5.34. The van der Waals surface area contributed by atoms with Crippen molar-refractivity contribution in [2.45, 2.75) is 27.3 Å². The van der Waals surface area contributed by atoms with Gasteiger partial charge in [-0.05, 0) is 45.0 Å². The van der Waals surface area contributed by atoms with Crippen LogP contribution in [0.1, 0.15) is 25.2 Å². The molecular formula is C18H24N2O2. The van der Waals surface area contributed by atoms with Gasteiger partial charge >= 0.3 is 0 Å². The number of nitrogens with zero attached hydrogens (tertiary/aromatic N) is 2. The van der Waals surface area contributed by atoms with Gasteiger partial charge in [-0.15, -0.1) is 0 Å². The highest BCUT2D eigenvalue weighted by Gasteiger charge is 2.17. The van der Waals surface area contributed by atoms with Crippen LogP contribution in [0.4, 0.5) is 5.69 Å². The molecule has 0 aliphatic carbocycles. The third-order valence-electron chi connectivity index (χ3n) is 3.77. The lowest BCUT2D eigenvalue weighted by Crippen LogP contribution is -2.40. The number of hydrogen-bond donors (Lipinski definition) is 0. The van der Waals surface area contributed by atoms with Gasteiger partial charge in [-0.3, -0.25) is 4.79 Å². The van der Waals surface area contributed by atoms with E-state index < -0.39 is 0 Å². The first-order valence-electron chi connectivity index (χ1n) is 7.75. The Hall–Kier alpha value is -2.23. The SMILES string of the molecule is CCN(CC)C(=O)CN(Cc1ccco1)c1ccc(C)cc1. The van der Waals surface area contributed by atoms with E-state index in [1.165, 1.54) is 5.56 Å². The van der Waals surface area contributed by atoms with Crippen LogP contribution in [0, 0.1) is 6.92 Å². The molecule has 1 amide bonds. The van der Waals surface area contributed by atoms with Gasteiger partial charge in [0.05, 0.1) is 19.4 Å². The number of hydrogen-bond acceptors (Lipinski definition) is 3. The molecule has 0 aliphatic rings. The molecule has 4 heteroatoms. The molecule has 0 spiro atoms. The van der Waals surface area contributed by atoms with E-state index in [2.05, 4.69) is 24.0 Å². The van der Waals surface area contributed by atoms with Crippen LogP contribution >= 0.6 is 0 Å². The van der Waals surface area contributed by atoms with E-state index in [0.717, 1.165) is 24.5 Å². The summed E-state index contributed by atoms with van der Waals surface area (Å²) >= 11 is 0. The minimum absolute atomic E-state index is 0.136. The number of furan rings is 1. The summed E-state index contributed by atoms with van der Waals surface area (Å²) < 4.78 is 5.44. The summed E-state index contributed by atoms with van der Waals surface area (Å²) in [6.07, 6.45) is 1.66. The number of rotatable bonds is 7. The van der Waals surface area contributed by atoms with Crippen molar-refractivity contribution in [2.24, 2.45) is 0 Å². The standard InChI is InChI=1S/C18H24N2O2/c1-4-19(5-2)18(21)14-20(13-17-7-6-12-22-17)16-10-8-15(3)9-11-16/h6-12H,4-5,13-14H2,1-3H3. The predicted octanol–water partition coefficient (Wildman–Crippen LogP) is 3.46. The summed E-state index contributed by atoms with van der Waals surface area (Å²) in [4.78, 5) is 16.3. The highest BCUT2D eigenvalue weighted by atomic mass is 16.3. The first kappa shape index (κ1) is 16.1. The van der Waals surface area contributed by atoms with Crippen LogP contribution in [0.25, 0.3) is 0 Å². The summed E-state index contributed by atoms with van der Waals surface area (Å²) in [6, 6.07) is 12.0. The minimum atomic E-state index is 0.136. The number of anilines is 1. The lowest BCUT2D eigenvalue weighted by molar-refractivity contribution is -0.129. The Kier molecular flexibility index (Phi) is 5.64. The maximum Gasteiger partial charge on any atom is 0.242 e. The topological polar surface area (TPSA) is 36.7 Å². The Bertz CT molecular complexity index is 572. The lowest BCUT2D eigenvalue weighted by atomic mass is 10.2. The van der Waals surface area contributed by atoms with Crippen molar-refractivity contribution in [3.63, 3.8) is 0 Å². The molecule has 4 nitrogen and oxygen atoms in total. The average Bonchev–Trinajstić information content (AvgIpc) is 3.01. The summed E-state index contributed by atoms with van der Waals surface area (Å²) in [5.74, 6) is 0.991. The molecule has 1 aromatic heterocycles. The molecule has 22 heavy (non-hydrogen) atoms. The van der Waals surface area contributed by atoms with Crippen LogP contribution in [0.15, 0.2) is 47.1 Å². The van der Waals surface area contributed by atoms with Crippen molar-refractivity contribution in [3.8, 4) is 0 Å². The summed E-state index contributed by atoms with van der Waals surface area (Å²) in [5.41, 5.74) is 2.24. The van der Waals surface area contributed by atoms with E-state index in [1.54, 1.807) is 6.26 Å². The summed E-state index contributed by atoms with van der Waals surface area (Å²) in [5, 5.41) is 0. The van der Waals surface area contributed by atoms with E-state index in [0.29, 0.717) is 13.1 Å². The number of benzene rings is 1. The van der Waals surface area contributed by atoms with Crippen molar-refractivity contribution in [2.75, 3.05) is 24.5 Å². The largest absolute Gasteiger partial charge is 0.467 e. The molecule has 1 aromatic carbocycles. The summed E-state index contributed by atoms with van der Waals surface area (Å²) in [6.45, 7) is 8.47. The Morgan fingerprint density at radius 2 is 1.77 bits per heavy atom. The van der Waals surface area contributed by atoms with Gasteiger partial charge < -0.3 is 14.2 Å². The molecule has 0 fully saturated rings. The quantitative estimate of drug-likeness (QED) is 0.785. The zero-order chi connectivity index (χ0) is 15.9. The average molecular weight is 300 g/mol. The van der Waals surface area contributed by atoms with E-state index in [1.807, 2.05) is 43.0 Å². The predicted molar refractivity (Wildman–Crippen MR) is 88.9 cm³/mol. The molecule has 0 radical (unpaired) electrons. The van der Waals surface area contributed by atoms with Gasteiger partial charge in [-0.25, -0.2) is 0 Å². The molecule has 0 aliphatic heterocycles. The maximum atomic E-state index is 12.4. The molecule has 2 aromatic rings. The molecule has 0 unspecified atom stereocenters. The van der Waals surface area contributed by atoms with Crippen molar-refractivity contribution in [3.05, 3.63) is 54.0 Å². The Labute approximate surface area is 132 Å². The van der Waals surface area contributed by atoms with Crippen molar-refractivity contribution in [1.29, 1.82) is 0 Å². The number of aryl methyl sites for hydroxylation is 1. The van der Waals surface area contributed by atoms with Crippen LogP contribution < -0.4 is 4.90 Å². The van der Waals surface area contributed by atoms with Crippen LogP contribution in [0.2, 0.25) is 0 Å². The van der Waals surface area contributed by atoms with Gasteiger partial charge in [0.15, 0.2) is 0 Å². The highest BCUT2D eigenvalue weighted by Crippen LogP contribution is 2.18. The van der Waals surface area contributed by atoms with Gasteiger partial charge in [-0.1, -0.05) is 17.7 Å². The van der Waals surface area contributed by atoms with Gasteiger partial charge in [-0.2, -0.15) is 0 Å². The van der Waals surface area contributed by atoms with Crippen LogP contribution in [0.5, 0.6) is 0 Å². The summed E-state index contributed by atoms with van der Waals surface area (Å²) in [7, 11) is 0. The van der Waals surface area contributed by atoms with E-state index in [-0.39, 0.29) is 5.91 Å². The fourth-order valence-electron chi connectivity index (χ4n) is 2.42. The van der Waals surface area contributed by atoms with Crippen LogP contribution in [-0.2, 0) is 11.3 Å². The van der Waals surface area contributed by atoms with Gasteiger partial charge in [0.1, 0.15) is 5.76 Å². The Morgan fingerprint density at radius 1 is 1.09 bits per heavy atom. The molecule has 0 saturated carbocycles. The minimum Gasteiger partial charge on any atom is -0.467 e.